The summed E-state index contributed by atoms with van der Waals surface area (Å²) in [5.74, 6) is -0.276. The van der Waals surface area contributed by atoms with E-state index in [1.807, 2.05) is 24.3 Å². The van der Waals surface area contributed by atoms with Crippen molar-refractivity contribution >= 4 is 68.9 Å². The molecule has 2 aromatic carbocycles. The minimum Gasteiger partial charge on any atom is -0.492 e. The highest BCUT2D eigenvalue weighted by atomic mass is 35.5. The van der Waals surface area contributed by atoms with Gasteiger partial charge in [0, 0.05) is 5.57 Å². The number of hydrogen-bond donors (Lipinski definition) is 2. The van der Waals surface area contributed by atoms with E-state index in [1.54, 1.807) is 30.4 Å². The number of anilines is 2. The number of aromatic hydroxyl groups is 1. The number of aromatic nitrogens is 1. The molecular formula is C20H12Cl2N2O2S. The molecule has 3 aromatic rings. The summed E-state index contributed by atoms with van der Waals surface area (Å²) in [5, 5.41) is 14.5. The van der Waals surface area contributed by atoms with E-state index < -0.39 is 0 Å². The summed E-state index contributed by atoms with van der Waals surface area (Å²) < 4.78 is 0. The van der Waals surface area contributed by atoms with Gasteiger partial charge in [0.25, 0.3) is 0 Å². The van der Waals surface area contributed by atoms with Crippen LogP contribution in [-0.2, 0) is 4.79 Å². The molecule has 0 saturated carbocycles. The van der Waals surface area contributed by atoms with Crippen LogP contribution in [0.1, 0.15) is 16.0 Å². The van der Waals surface area contributed by atoms with Gasteiger partial charge in [-0.15, -0.1) is 0 Å². The van der Waals surface area contributed by atoms with E-state index in [0.29, 0.717) is 31.3 Å². The lowest BCUT2D eigenvalue weighted by Gasteiger charge is -2.12. The third-order valence-corrected chi connectivity index (χ3v) is 5.76. The van der Waals surface area contributed by atoms with Crippen LogP contribution in [0.5, 0.6) is 5.88 Å². The lowest BCUT2D eigenvalue weighted by Crippen LogP contribution is -2.04. The lowest BCUT2D eigenvalue weighted by molar-refractivity contribution is -0.109. The minimum atomic E-state index is -0.159. The summed E-state index contributed by atoms with van der Waals surface area (Å²) >= 11 is 13.4. The number of thiazole rings is 1. The number of allylic oxidation sites excluding steroid dienone is 2. The molecule has 2 N–H and O–H groups in total. The Hall–Kier alpha value is -2.60. The van der Waals surface area contributed by atoms with E-state index in [0.717, 1.165) is 11.1 Å². The summed E-state index contributed by atoms with van der Waals surface area (Å²) in [6, 6.07) is 12.8. The quantitative estimate of drug-likeness (QED) is 0.513. The Morgan fingerprint density at radius 2 is 1.89 bits per heavy atom. The van der Waals surface area contributed by atoms with Crippen LogP contribution in [0, 0.1) is 0 Å². The third-order valence-electron chi connectivity index (χ3n) is 4.03. The molecular weight excluding hydrogens is 403 g/mol. The molecule has 4 nitrogen and oxygen atoms in total. The Labute approximate surface area is 169 Å². The molecule has 0 atom stereocenters. The monoisotopic (exact) mass is 414 g/mol. The van der Waals surface area contributed by atoms with Crippen molar-refractivity contribution in [2.75, 3.05) is 5.32 Å². The zero-order valence-electron chi connectivity index (χ0n) is 13.7. The van der Waals surface area contributed by atoms with Gasteiger partial charge in [0.15, 0.2) is 10.9 Å². The van der Waals surface area contributed by atoms with Crippen LogP contribution >= 0.6 is 34.5 Å². The van der Waals surface area contributed by atoms with Crippen molar-refractivity contribution in [2.24, 2.45) is 0 Å². The van der Waals surface area contributed by atoms with Crippen LogP contribution in [-0.4, -0.2) is 15.9 Å². The molecule has 0 radical (unpaired) electrons. The van der Waals surface area contributed by atoms with Gasteiger partial charge in [0.2, 0.25) is 5.88 Å². The highest BCUT2D eigenvalue weighted by Crippen LogP contribution is 2.37. The molecule has 0 bridgehead atoms. The zero-order valence-corrected chi connectivity index (χ0v) is 16.1. The van der Waals surface area contributed by atoms with Gasteiger partial charge in [0.1, 0.15) is 0 Å². The minimum absolute atomic E-state index is 0.117. The SMILES string of the molecule is O=C1C=Cc2ccccc2C1=Cc1sc(Nc2cccc(Cl)c2Cl)nc1O. The van der Waals surface area contributed by atoms with Crippen molar-refractivity contribution in [3.8, 4) is 5.88 Å². The van der Waals surface area contributed by atoms with Crippen LogP contribution < -0.4 is 5.32 Å². The first-order chi connectivity index (χ1) is 13.0. The van der Waals surface area contributed by atoms with Crippen molar-refractivity contribution in [1.29, 1.82) is 0 Å². The first-order valence-corrected chi connectivity index (χ1v) is 9.54. The fourth-order valence-electron chi connectivity index (χ4n) is 2.74. The predicted molar refractivity (Wildman–Crippen MR) is 112 cm³/mol. The lowest BCUT2D eigenvalue weighted by atomic mass is 9.91. The molecule has 1 aromatic heterocycles. The maximum absolute atomic E-state index is 12.4. The third kappa shape index (κ3) is 3.49. The van der Waals surface area contributed by atoms with E-state index >= 15 is 0 Å². The Kier molecular flexibility index (Phi) is 4.74. The smallest absolute Gasteiger partial charge is 0.231 e. The van der Waals surface area contributed by atoms with Crippen LogP contribution in [0.25, 0.3) is 17.7 Å². The second-order valence-corrected chi connectivity index (χ2v) is 7.59. The first-order valence-electron chi connectivity index (χ1n) is 7.97. The second kappa shape index (κ2) is 7.19. The Morgan fingerprint density at radius 3 is 2.74 bits per heavy atom. The molecule has 0 saturated heterocycles. The van der Waals surface area contributed by atoms with Gasteiger partial charge in [-0.05, 0) is 35.4 Å². The van der Waals surface area contributed by atoms with E-state index in [2.05, 4.69) is 10.3 Å². The highest BCUT2D eigenvalue weighted by Gasteiger charge is 2.19. The average molecular weight is 415 g/mol. The summed E-state index contributed by atoms with van der Waals surface area (Å²) in [7, 11) is 0. The molecule has 1 aliphatic rings. The van der Waals surface area contributed by atoms with Crippen LogP contribution in [0.2, 0.25) is 10.0 Å². The van der Waals surface area contributed by atoms with Gasteiger partial charge in [-0.2, -0.15) is 4.98 Å². The Balaban J connectivity index is 1.70. The number of halogens is 2. The number of nitrogens with one attached hydrogen (secondary N) is 1. The topological polar surface area (TPSA) is 62.2 Å². The summed E-state index contributed by atoms with van der Waals surface area (Å²) in [6.45, 7) is 0. The maximum atomic E-state index is 12.4. The second-order valence-electron chi connectivity index (χ2n) is 5.78. The number of rotatable bonds is 3. The number of fused-ring (bicyclic) bond motifs is 1. The molecule has 0 spiro atoms. The van der Waals surface area contributed by atoms with Crippen LogP contribution in [0.15, 0.2) is 48.5 Å². The molecule has 0 fully saturated rings. The van der Waals surface area contributed by atoms with E-state index in [-0.39, 0.29) is 11.7 Å². The normalized spacial score (nSPS) is 14.4. The number of hydrogen-bond acceptors (Lipinski definition) is 5. The van der Waals surface area contributed by atoms with E-state index in [9.17, 15) is 9.90 Å². The van der Waals surface area contributed by atoms with Gasteiger partial charge in [-0.25, -0.2) is 0 Å². The van der Waals surface area contributed by atoms with Crippen molar-refractivity contribution in [3.05, 3.63) is 74.6 Å². The zero-order chi connectivity index (χ0) is 19.0. The number of ketones is 1. The van der Waals surface area contributed by atoms with Gasteiger partial charge in [0.05, 0.1) is 20.6 Å². The summed E-state index contributed by atoms with van der Waals surface area (Å²) in [5.41, 5.74) is 2.88. The van der Waals surface area contributed by atoms with E-state index in [1.165, 1.54) is 17.4 Å². The van der Waals surface area contributed by atoms with Crippen molar-refractivity contribution < 1.29 is 9.90 Å². The average Bonchev–Trinajstić information content (AvgIpc) is 3.00. The van der Waals surface area contributed by atoms with Crippen LogP contribution in [0.4, 0.5) is 10.8 Å². The molecule has 134 valence electrons. The molecule has 4 rings (SSSR count). The van der Waals surface area contributed by atoms with Crippen molar-refractivity contribution in [2.45, 2.75) is 0 Å². The Bertz CT molecular complexity index is 1120. The molecule has 0 aliphatic heterocycles. The summed E-state index contributed by atoms with van der Waals surface area (Å²) in [6.07, 6.45) is 4.97. The van der Waals surface area contributed by atoms with E-state index in [4.69, 9.17) is 23.2 Å². The fourth-order valence-corrected chi connectivity index (χ4v) is 3.91. The van der Waals surface area contributed by atoms with Gasteiger partial charge in [-0.3, -0.25) is 4.79 Å². The van der Waals surface area contributed by atoms with Gasteiger partial charge >= 0.3 is 0 Å². The number of carbonyl (C=O) groups excluding carboxylic acids is 1. The summed E-state index contributed by atoms with van der Waals surface area (Å²) in [4.78, 5) is 16.9. The highest BCUT2D eigenvalue weighted by molar-refractivity contribution is 7.16. The van der Waals surface area contributed by atoms with Gasteiger partial charge in [-0.1, -0.05) is 70.9 Å². The number of carbonyl (C=O) groups is 1. The number of nitrogens with zero attached hydrogens (tertiary/aromatic N) is 1. The molecule has 0 amide bonds. The first kappa shape index (κ1) is 17.8. The van der Waals surface area contributed by atoms with Crippen molar-refractivity contribution in [3.63, 3.8) is 0 Å². The van der Waals surface area contributed by atoms with Crippen LogP contribution in [0.3, 0.4) is 0 Å². The molecule has 7 heteroatoms. The van der Waals surface area contributed by atoms with Gasteiger partial charge < -0.3 is 10.4 Å². The largest absolute Gasteiger partial charge is 0.492 e. The number of benzene rings is 2. The molecule has 27 heavy (non-hydrogen) atoms. The molecule has 0 unspecified atom stereocenters. The predicted octanol–water partition coefficient (Wildman–Crippen LogP) is 6.04. The maximum Gasteiger partial charge on any atom is 0.231 e. The standard InChI is InChI=1S/C20H12Cl2N2O2S/c21-14-6-3-7-15(18(14)22)23-20-24-19(26)17(27-20)10-13-12-5-2-1-4-11(12)8-9-16(13)25/h1-10,26H,(H,23,24). The molecule has 1 heterocycles. The Morgan fingerprint density at radius 1 is 1.07 bits per heavy atom. The molecule has 1 aliphatic carbocycles. The van der Waals surface area contributed by atoms with Crippen molar-refractivity contribution in [1.82, 2.24) is 4.98 Å². The fraction of sp³-hybridized carbons (Fsp3) is 0.